The Kier molecular flexibility index (Phi) is 2.84. The van der Waals surface area contributed by atoms with E-state index in [1.807, 2.05) is 0 Å². The molecule has 2 aliphatic rings. The number of amides is 1. The second-order valence-electron chi connectivity index (χ2n) is 4.23. The molecule has 0 radical (unpaired) electrons. The van der Waals surface area contributed by atoms with Gasteiger partial charge in [-0.25, -0.2) is 9.10 Å². The lowest BCUT2D eigenvalue weighted by Crippen LogP contribution is -2.20. The zero-order valence-electron chi connectivity index (χ0n) is 9.92. The summed E-state index contributed by atoms with van der Waals surface area (Å²) in [6.45, 7) is 0.860. The van der Waals surface area contributed by atoms with Crippen molar-refractivity contribution in [3.05, 3.63) is 34.2 Å². The third-order valence-electron chi connectivity index (χ3n) is 3.09. The van der Waals surface area contributed by atoms with Gasteiger partial charge in [0.15, 0.2) is 0 Å². The van der Waals surface area contributed by atoms with Crippen LogP contribution in [0.1, 0.15) is 17.5 Å². The second-order valence-corrected chi connectivity index (χ2v) is 5.35. The molecule has 0 saturated heterocycles. The van der Waals surface area contributed by atoms with E-state index < -0.39 is 6.09 Å². The van der Waals surface area contributed by atoms with Crippen LogP contribution in [0.3, 0.4) is 0 Å². The summed E-state index contributed by atoms with van der Waals surface area (Å²) in [6.07, 6.45) is -0.252. The lowest BCUT2D eigenvalue weighted by Gasteiger charge is -2.13. The lowest BCUT2D eigenvalue weighted by atomic mass is 10.0. The molecule has 19 heavy (non-hydrogen) atoms. The van der Waals surface area contributed by atoms with E-state index in [0.717, 1.165) is 21.8 Å². The van der Waals surface area contributed by atoms with Crippen LogP contribution in [0.25, 0.3) is 5.57 Å². The number of nitrogens with zero attached hydrogens (tertiary/aromatic N) is 2. The maximum atomic E-state index is 11.1. The van der Waals surface area contributed by atoms with Crippen LogP contribution in [-0.4, -0.2) is 28.7 Å². The normalized spacial score (nSPS) is 17.1. The number of carboxylic acid groups (broad SMARTS) is 1. The van der Waals surface area contributed by atoms with Crippen molar-refractivity contribution in [2.45, 2.75) is 6.42 Å². The smallest absolute Gasteiger partial charge is 0.417 e. The molecule has 0 spiro atoms. The molecule has 0 saturated carbocycles. The Bertz CT molecular complexity index is 633. The van der Waals surface area contributed by atoms with E-state index >= 15 is 0 Å². The molecule has 1 amide bonds. The molecule has 2 heterocycles. The summed E-state index contributed by atoms with van der Waals surface area (Å²) in [6, 6.07) is 7.35. The van der Waals surface area contributed by atoms with Gasteiger partial charge in [-0.05, 0) is 35.7 Å². The second kappa shape index (κ2) is 4.52. The highest BCUT2D eigenvalue weighted by atomic mass is 32.2. The first-order valence-electron chi connectivity index (χ1n) is 5.77. The predicted octanol–water partition coefficient (Wildman–Crippen LogP) is 2.69. The average molecular weight is 274 g/mol. The van der Waals surface area contributed by atoms with Gasteiger partial charge in [-0.1, -0.05) is 0 Å². The molecular weight excluding hydrogens is 264 g/mol. The quantitative estimate of drug-likeness (QED) is 0.736. The van der Waals surface area contributed by atoms with Crippen molar-refractivity contribution in [2.75, 3.05) is 13.2 Å². The molecule has 0 aromatic heterocycles. The highest BCUT2D eigenvalue weighted by molar-refractivity contribution is 8.01. The molecule has 0 bridgehead atoms. The van der Waals surface area contributed by atoms with Crippen LogP contribution >= 0.6 is 11.9 Å². The summed E-state index contributed by atoms with van der Waals surface area (Å²) in [5.74, 6) is 0.719. The first-order valence-corrected chi connectivity index (χ1v) is 6.54. The zero-order valence-corrected chi connectivity index (χ0v) is 10.7. The fourth-order valence-corrected chi connectivity index (χ4v) is 3.20. The van der Waals surface area contributed by atoms with Gasteiger partial charge in [0.2, 0.25) is 0 Å². The van der Waals surface area contributed by atoms with E-state index in [0.29, 0.717) is 25.1 Å². The van der Waals surface area contributed by atoms with E-state index in [4.69, 9.17) is 15.1 Å². The SMILES string of the molecule is N#Cc1ccc2c(c1)C1=C(CCO2)SN(C(=O)O)C1. The highest BCUT2D eigenvalue weighted by Gasteiger charge is 2.30. The Morgan fingerprint density at radius 1 is 1.53 bits per heavy atom. The number of benzene rings is 1. The van der Waals surface area contributed by atoms with Crippen LogP contribution in [-0.2, 0) is 0 Å². The molecule has 1 N–H and O–H groups in total. The van der Waals surface area contributed by atoms with Gasteiger partial charge in [0, 0.05) is 16.9 Å². The molecule has 1 aromatic rings. The minimum Gasteiger partial charge on any atom is -0.493 e. The Morgan fingerprint density at radius 3 is 3.11 bits per heavy atom. The van der Waals surface area contributed by atoms with Crippen LogP contribution in [0.4, 0.5) is 4.79 Å². The lowest BCUT2D eigenvalue weighted by molar-refractivity contribution is 0.179. The van der Waals surface area contributed by atoms with Crippen LogP contribution in [0.2, 0.25) is 0 Å². The van der Waals surface area contributed by atoms with Gasteiger partial charge in [0.25, 0.3) is 0 Å². The summed E-state index contributed by atoms with van der Waals surface area (Å²) in [5, 5.41) is 18.0. The van der Waals surface area contributed by atoms with E-state index in [1.54, 1.807) is 18.2 Å². The molecule has 0 aliphatic carbocycles. The van der Waals surface area contributed by atoms with Crippen molar-refractivity contribution in [1.29, 1.82) is 5.26 Å². The standard InChI is InChI=1S/C13H10N2O3S/c14-6-8-1-2-11-9(5-8)10-7-15(13(16)17)19-12(10)3-4-18-11/h1-2,5H,3-4,7H2,(H,16,17). The minimum absolute atomic E-state index is 0.334. The molecule has 3 rings (SSSR count). The topological polar surface area (TPSA) is 73.6 Å². The Morgan fingerprint density at radius 2 is 2.37 bits per heavy atom. The fourth-order valence-electron chi connectivity index (χ4n) is 2.21. The molecule has 1 aromatic carbocycles. The van der Waals surface area contributed by atoms with Crippen molar-refractivity contribution >= 4 is 23.6 Å². The molecule has 2 aliphatic heterocycles. The van der Waals surface area contributed by atoms with Crippen LogP contribution in [0.5, 0.6) is 5.75 Å². The number of hydrogen-bond acceptors (Lipinski definition) is 4. The number of hydrogen-bond donors (Lipinski definition) is 1. The Balaban J connectivity index is 2.06. The highest BCUT2D eigenvalue weighted by Crippen LogP contribution is 2.44. The number of fused-ring (bicyclic) bond motifs is 2. The average Bonchev–Trinajstić information content (AvgIpc) is 2.76. The molecule has 0 fully saturated rings. The van der Waals surface area contributed by atoms with Crippen molar-refractivity contribution in [1.82, 2.24) is 4.31 Å². The first-order chi connectivity index (χ1) is 9.19. The zero-order chi connectivity index (χ0) is 13.4. The third-order valence-corrected chi connectivity index (χ3v) is 4.27. The first kappa shape index (κ1) is 11.9. The monoisotopic (exact) mass is 274 g/mol. The van der Waals surface area contributed by atoms with Crippen LogP contribution in [0.15, 0.2) is 23.1 Å². The number of rotatable bonds is 0. The van der Waals surface area contributed by atoms with Crippen molar-refractivity contribution < 1.29 is 14.6 Å². The Hall–Kier alpha value is -2.13. The molecule has 6 heteroatoms. The molecule has 0 unspecified atom stereocenters. The molecule has 96 valence electrons. The molecule has 0 atom stereocenters. The minimum atomic E-state index is -0.947. The van der Waals surface area contributed by atoms with E-state index in [2.05, 4.69) is 6.07 Å². The summed E-state index contributed by atoms with van der Waals surface area (Å²) >= 11 is 1.24. The summed E-state index contributed by atoms with van der Waals surface area (Å²) in [4.78, 5) is 12.1. The largest absolute Gasteiger partial charge is 0.493 e. The van der Waals surface area contributed by atoms with Gasteiger partial charge in [-0.2, -0.15) is 5.26 Å². The predicted molar refractivity (Wildman–Crippen MR) is 70.5 cm³/mol. The summed E-state index contributed by atoms with van der Waals surface area (Å²) in [7, 11) is 0. The summed E-state index contributed by atoms with van der Waals surface area (Å²) < 4.78 is 6.95. The number of ether oxygens (including phenoxy) is 1. The van der Waals surface area contributed by atoms with E-state index in [-0.39, 0.29) is 0 Å². The van der Waals surface area contributed by atoms with E-state index in [1.165, 1.54) is 16.3 Å². The van der Waals surface area contributed by atoms with Gasteiger partial charge in [-0.3, -0.25) is 0 Å². The van der Waals surface area contributed by atoms with Gasteiger partial charge in [0.1, 0.15) is 5.75 Å². The molecular formula is C13H10N2O3S. The van der Waals surface area contributed by atoms with Gasteiger partial charge in [-0.15, -0.1) is 0 Å². The van der Waals surface area contributed by atoms with Crippen molar-refractivity contribution in [2.24, 2.45) is 0 Å². The van der Waals surface area contributed by atoms with Gasteiger partial charge in [0.05, 0.1) is 24.8 Å². The van der Waals surface area contributed by atoms with Gasteiger partial charge < -0.3 is 9.84 Å². The number of carbonyl (C=O) groups is 1. The number of nitriles is 1. The molecule has 5 nitrogen and oxygen atoms in total. The van der Waals surface area contributed by atoms with Crippen LogP contribution < -0.4 is 4.74 Å². The van der Waals surface area contributed by atoms with E-state index in [9.17, 15) is 4.79 Å². The third kappa shape index (κ3) is 2.02. The Labute approximate surface area is 114 Å². The fraction of sp³-hybridized carbons (Fsp3) is 0.231. The maximum Gasteiger partial charge on any atom is 0.417 e. The van der Waals surface area contributed by atoms with Crippen molar-refractivity contribution in [3.8, 4) is 11.8 Å². The summed E-state index contributed by atoms with van der Waals surface area (Å²) in [5.41, 5.74) is 2.34. The van der Waals surface area contributed by atoms with Gasteiger partial charge >= 0.3 is 6.09 Å². The van der Waals surface area contributed by atoms with Crippen molar-refractivity contribution in [3.63, 3.8) is 0 Å². The maximum absolute atomic E-state index is 11.1. The van der Waals surface area contributed by atoms with Crippen LogP contribution in [0, 0.1) is 11.3 Å².